The van der Waals surface area contributed by atoms with E-state index in [9.17, 15) is 8.42 Å². The van der Waals surface area contributed by atoms with Crippen LogP contribution in [-0.4, -0.2) is 15.1 Å². The van der Waals surface area contributed by atoms with Crippen LogP contribution in [-0.2, 0) is 16.5 Å². The zero-order chi connectivity index (χ0) is 11.7. The summed E-state index contributed by atoms with van der Waals surface area (Å²) in [5.74, 6) is 0. The van der Waals surface area contributed by atoms with E-state index >= 15 is 0 Å². The predicted molar refractivity (Wildman–Crippen MR) is 69.5 cm³/mol. The second-order valence-electron chi connectivity index (χ2n) is 2.87. The minimum atomic E-state index is -4.17. The Morgan fingerprint density at radius 2 is 1.73 bits per heavy atom. The third-order valence-electron chi connectivity index (χ3n) is 1.64. The third-order valence-corrected chi connectivity index (χ3v) is 3.44. The zero-order valence-corrected chi connectivity index (χ0v) is 12.9. The van der Waals surface area contributed by atoms with Gasteiger partial charge in [0.2, 0.25) is 0 Å². The van der Waals surface area contributed by atoms with Crippen molar-refractivity contribution in [2.75, 3.05) is 0 Å². The lowest BCUT2D eigenvalue weighted by Crippen LogP contribution is -2.10. The Balaban J connectivity index is 3.20. The summed E-state index contributed by atoms with van der Waals surface area (Å²) in [5.41, 5.74) is 0.519. The molecule has 0 atom stereocenters. The average molecular weight is 423 g/mol. The third kappa shape index (κ3) is 4.52. The van der Waals surface area contributed by atoms with Crippen molar-refractivity contribution < 1.29 is 13.0 Å². The molecule has 0 heterocycles. The smallest absolute Gasteiger partial charge is 0.282 e. The first-order chi connectivity index (χ1) is 6.70. The molecule has 0 fully saturated rings. The lowest BCUT2D eigenvalue weighted by molar-refractivity contribution is 0.482. The van der Waals surface area contributed by atoms with Gasteiger partial charge in [0.25, 0.3) is 10.1 Å². The standard InChI is InChI=1S/C8H7Br3O3S/c9-8(10,11)5-6-3-1-2-4-7(6)15(12,13)14/h1-4H,5H2,(H,12,13,14). The van der Waals surface area contributed by atoms with Crippen LogP contribution in [0.2, 0.25) is 0 Å². The van der Waals surface area contributed by atoms with Gasteiger partial charge in [0, 0.05) is 6.42 Å². The molecule has 0 aliphatic rings. The molecule has 0 saturated heterocycles. The SMILES string of the molecule is O=S(=O)(O)c1ccccc1CC(Br)(Br)Br. The number of rotatable bonds is 2. The summed E-state index contributed by atoms with van der Waals surface area (Å²) in [6.07, 6.45) is 0.364. The Bertz CT molecular complexity index is 450. The molecule has 3 nitrogen and oxygen atoms in total. The maximum Gasteiger partial charge on any atom is 0.294 e. The Kier molecular flexibility index (Phi) is 4.39. The summed E-state index contributed by atoms with van der Waals surface area (Å²) in [7, 11) is -4.17. The van der Waals surface area contributed by atoms with Crippen molar-refractivity contribution in [1.29, 1.82) is 0 Å². The van der Waals surface area contributed by atoms with Crippen LogP contribution >= 0.6 is 47.8 Å². The first-order valence-electron chi connectivity index (χ1n) is 3.82. The van der Waals surface area contributed by atoms with Crippen molar-refractivity contribution in [3.63, 3.8) is 0 Å². The molecule has 0 radical (unpaired) electrons. The van der Waals surface area contributed by atoms with E-state index in [4.69, 9.17) is 4.55 Å². The molecule has 1 aromatic carbocycles. The van der Waals surface area contributed by atoms with Crippen molar-refractivity contribution in [3.8, 4) is 0 Å². The molecule has 7 heteroatoms. The van der Waals surface area contributed by atoms with Gasteiger partial charge in [0.1, 0.15) is 2.14 Å². The minimum absolute atomic E-state index is 0.0762. The number of halogens is 3. The van der Waals surface area contributed by atoms with Crippen LogP contribution in [0.25, 0.3) is 0 Å². The maximum absolute atomic E-state index is 11.0. The molecule has 0 spiro atoms. The van der Waals surface area contributed by atoms with Crippen molar-refractivity contribution >= 4 is 57.9 Å². The van der Waals surface area contributed by atoms with Crippen LogP contribution in [0.5, 0.6) is 0 Å². The largest absolute Gasteiger partial charge is 0.294 e. The molecule has 15 heavy (non-hydrogen) atoms. The molecule has 0 saturated carbocycles. The quantitative estimate of drug-likeness (QED) is 0.587. The molecule has 0 aliphatic carbocycles. The van der Waals surface area contributed by atoms with Gasteiger partial charge in [0.05, 0.1) is 4.90 Å². The monoisotopic (exact) mass is 420 g/mol. The molecule has 0 amide bonds. The molecule has 1 rings (SSSR count). The zero-order valence-electron chi connectivity index (χ0n) is 7.32. The van der Waals surface area contributed by atoms with Crippen LogP contribution in [0.3, 0.4) is 0 Å². The summed E-state index contributed by atoms with van der Waals surface area (Å²) in [6, 6.07) is 6.28. The summed E-state index contributed by atoms with van der Waals surface area (Å²) < 4.78 is 30.5. The second-order valence-corrected chi connectivity index (χ2v) is 11.5. The first kappa shape index (κ1) is 13.6. The van der Waals surface area contributed by atoms with Gasteiger partial charge >= 0.3 is 0 Å². The molecule has 1 N–H and O–H groups in total. The first-order valence-corrected chi connectivity index (χ1v) is 7.64. The average Bonchev–Trinajstić information content (AvgIpc) is 1.99. The van der Waals surface area contributed by atoms with E-state index in [1.54, 1.807) is 18.2 Å². The lowest BCUT2D eigenvalue weighted by Gasteiger charge is -2.13. The summed E-state index contributed by atoms with van der Waals surface area (Å²) in [4.78, 5) is -0.0762. The molecule has 0 bridgehead atoms. The van der Waals surface area contributed by atoms with Gasteiger partial charge in [0.15, 0.2) is 0 Å². The van der Waals surface area contributed by atoms with E-state index < -0.39 is 12.3 Å². The van der Waals surface area contributed by atoms with E-state index in [-0.39, 0.29) is 4.90 Å². The highest BCUT2D eigenvalue weighted by Gasteiger charge is 2.23. The highest BCUT2D eigenvalue weighted by Crippen LogP contribution is 2.38. The normalized spacial score (nSPS) is 12.8. The van der Waals surface area contributed by atoms with Crippen LogP contribution in [0.1, 0.15) is 5.56 Å². The number of hydrogen-bond acceptors (Lipinski definition) is 2. The van der Waals surface area contributed by atoms with Gasteiger partial charge in [-0.25, -0.2) is 0 Å². The Morgan fingerprint density at radius 1 is 1.20 bits per heavy atom. The fourth-order valence-corrected chi connectivity index (χ4v) is 2.75. The van der Waals surface area contributed by atoms with Gasteiger partial charge in [-0.3, -0.25) is 4.55 Å². The Hall–Kier alpha value is 0.570. The summed E-state index contributed by atoms with van der Waals surface area (Å²) in [6.45, 7) is 0. The van der Waals surface area contributed by atoms with Gasteiger partial charge in [-0.15, -0.1) is 0 Å². The fraction of sp³-hybridized carbons (Fsp3) is 0.250. The van der Waals surface area contributed by atoms with E-state index in [1.165, 1.54) is 6.07 Å². The molecular formula is C8H7Br3O3S. The summed E-state index contributed by atoms with van der Waals surface area (Å²) >= 11 is 9.82. The van der Waals surface area contributed by atoms with Crippen molar-refractivity contribution in [2.45, 2.75) is 13.5 Å². The van der Waals surface area contributed by atoms with Crippen LogP contribution in [0.15, 0.2) is 29.2 Å². The van der Waals surface area contributed by atoms with Crippen molar-refractivity contribution in [2.24, 2.45) is 0 Å². The number of benzene rings is 1. The predicted octanol–water partition coefficient (Wildman–Crippen LogP) is 3.31. The molecular weight excluding hydrogens is 416 g/mol. The van der Waals surface area contributed by atoms with E-state index in [1.807, 2.05) is 0 Å². The number of hydrogen-bond donors (Lipinski definition) is 1. The molecule has 0 aromatic heterocycles. The van der Waals surface area contributed by atoms with Crippen LogP contribution in [0.4, 0.5) is 0 Å². The van der Waals surface area contributed by atoms with Crippen LogP contribution in [0, 0.1) is 0 Å². The van der Waals surface area contributed by atoms with Gasteiger partial charge in [-0.2, -0.15) is 8.42 Å². The molecule has 1 aromatic rings. The van der Waals surface area contributed by atoms with E-state index in [0.29, 0.717) is 12.0 Å². The van der Waals surface area contributed by atoms with Crippen LogP contribution < -0.4 is 0 Å². The maximum atomic E-state index is 11.0. The van der Waals surface area contributed by atoms with E-state index in [2.05, 4.69) is 47.8 Å². The lowest BCUT2D eigenvalue weighted by atomic mass is 10.2. The highest BCUT2D eigenvalue weighted by molar-refractivity contribution is 9.39. The fourth-order valence-electron chi connectivity index (χ4n) is 1.12. The van der Waals surface area contributed by atoms with Gasteiger partial charge in [-0.1, -0.05) is 66.0 Å². The second kappa shape index (κ2) is 4.83. The molecule has 84 valence electrons. The molecule has 0 unspecified atom stereocenters. The van der Waals surface area contributed by atoms with Gasteiger partial charge in [-0.05, 0) is 11.6 Å². The summed E-state index contributed by atoms with van der Waals surface area (Å²) in [5, 5.41) is 0. The highest BCUT2D eigenvalue weighted by atomic mass is 80.0. The van der Waals surface area contributed by atoms with E-state index in [0.717, 1.165) is 0 Å². The molecule has 0 aliphatic heterocycles. The minimum Gasteiger partial charge on any atom is -0.282 e. The Morgan fingerprint density at radius 3 is 2.20 bits per heavy atom. The van der Waals surface area contributed by atoms with Gasteiger partial charge < -0.3 is 0 Å². The topological polar surface area (TPSA) is 54.4 Å². The Labute approximate surface area is 113 Å². The van der Waals surface area contributed by atoms with Crippen molar-refractivity contribution in [1.82, 2.24) is 0 Å². The van der Waals surface area contributed by atoms with Crippen molar-refractivity contribution in [3.05, 3.63) is 29.8 Å². The number of alkyl halides is 3.